The summed E-state index contributed by atoms with van der Waals surface area (Å²) in [5, 5.41) is 2.87. The normalized spacial score (nSPS) is 15.4. The van der Waals surface area contributed by atoms with Gasteiger partial charge in [0, 0.05) is 17.3 Å². The molecule has 0 spiro atoms. The molecule has 2 aromatic carbocycles. The molecule has 0 saturated heterocycles. The van der Waals surface area contributed by atoms with Crippen LogP contribution in [0, 0.1) is 0 Å². The van der Waals surface area contributed by atoms with Crippen molar-refractivity contribution in [2.75, 3.05) is 4.72 Å². The number of halogens is 3. The number of carbonyl (C=O) groups is 1. The van der Waals surface area contributed by atoms with Gasteiger partial charge in [-0.2, -0.15) is 13.2 Å². The van der Waals surface area contributed by atoms with Gasteiger partial charge in [0.1, 0.15) is 0 Å². The second-order valence-electron chi connectivity index (χ2n) is 6.67. The van der Waals surface area contributed by atoms with Gasteiger partial charge in [-0.25, -0.2) is 8.42 Å². The predicted octanol–water partition coefficient (Wildman–Crippen LogP) is 4.18. The minimum absolute atomic E-state index is 0.0796. The van der Waals surface area contributed by atoms with Crippen molar-refractivity contribution in [1.29, 1.82) is 0 Å². The Morgan fingerprint density at radius 2 is 1.68 bits per heavy atom. The number of benzene rings is 2. The second-order valence-corrected chi connectivity index (χ2v) is 8.35. The zero-order chi connectivity index (χ0) is 20.4. The van der Waals surface area contributed by atoms with Crippen molar-refractivity contribution in [3.63, 3.8) is 0 Å². The third-order valence-electron chi connectivity index (χ3n) is 4.54. The van der Waals surface area contributed by atoms with Gasteiger partial charge in [0.05, 0.1) is 10.5 Å². The lowest BCUT2D eigenvalue weighted by Gasteiger charge is -2.13. The summed E-state index contributed by atoms with van der Waals surface area (Å²) in [6.45, 7) is 0. The van der Waals surface area contributed by atoms with Crippen LogP contribution in [0.3, 0.4) is 0 Å². The number of alkyl halides is 3. The summed E-state index contributed by atoms with van der Waals surface area (Å²) >= 11 is 0. The number of anilines is 1. The van der Waals surface area contributed by atoms with E-state index in [4.69, 9.17) is 0 Å². The van der Waals surface area contributed by atoms with Crippen LogP contribution in [0.4, 0.5) is 18.9 Å². The molecule has 1 aliphatic rings. The molecule has 3 rings (SSSR count). The standard InChI is InChI=1S/C19H19F3N2O3S/c20-19(21,22)14-6-4-9-16(12-14)24-28(26,27)17-10-3-5-13(11-17)18(25)23-15-7-1-2-8-15/h3-6,9-12,15,24H,1-2,7-8H2,(H,23,25). The molecule has 0 aromatic heterocycles. The maximum atomic E-state index is 12.8. The monoisotopic (exact) mass is 412 g/mol. The maximum Gasteiger partial charge on any atom is 0.416 e. The van der Waals surface area contributed by atoms with Gasteiger partial charge in [-0.05, 0) is 49.2 Å². The van der Waals surface area contributed by atoms with Gasteiger partial charge >= 0.3 is 6.18 Å². The first-order valence-electron chi connectivity index (χ1n) is 8.76. The highest BCUT2D eigenvalue weighted by atomic mass is 32.2. The van der Waals surface area contributed by atoms with Crippen molar-refractivity contribution in [2.45, 2.75) is 42.8 Å². The minimum atomic E-state index is -4.58. The van der Waals surface area contributed by atoms with Gasteiger partial charge in [0.15, 0.2) is 0 Å². The Labute approximate surface area is 161 Å². The molecule has 0 bridgehead atoms. The number of hydrogen-bond donors (Lipinski definition) is 2. The van der Waals surface area contributed by atoms with E-state index >= 15 is 0 Å². The fraction of sp³-hybridized carbons (Fsp3) is 0.316. The van der Waals surface area contributed by atoms with Crippen molar-refractivity contribution in [3.05, 3.63) is 59.7 Å². The molecule has 5 nitrogen and oxygen atoms in total. The summed E-state index contributed by atoms with van der Waals surface area (Å²) in [6, 6.07) is 9.40. The zero-order valence-electron chi connectivity index (χ0n) is 14.8. The van der Waals surface area contributed by atoms with Crippen LogP contribution >= 0.6 is 0 Å². The van der Waals surface area contributed by atoms with Gasteiger partial charge in [-0.15, -0.1) is 0 Å². The van der Waals surface area contributed by atoms with Crippen molar-refractivity contribution in [2.24, 2.45) is 0 Å². The number of rotatable bonds is 5. The summed E-state index contributed by atoms with van der Waals surface area (Å²) in [4.78, 5) is 12.1. The molecule has 0 radical (unpaired) electrons. The third kappa shape index (κ3) is 4.83. The van der Waals surface area contributed by atoms with Gasteiger partial charge < -0.3 is 5.32 Å². The van der Waals surface area contributed by atoms with Crippen molar-refractivity contribution < 1.29 is 26.4 Å². The highest BCUT2D eigenvalue weighted by Crippen LogP contribution is 2.31. The highest BCUT2D eigenvalue weighted by Gasteiger charge is 2.30. The summed E-state index contributed by atoms with van der Waals surface area (Å²) < 4.78 is 65.7. The van der Waals surface area contributed by atoms with Crippen LogP contribution in [-0.4, -0.2) is 20.4 Å². The SMILES string of the molecule is O=C(NC1CCCC1)c1cccc(S(=O)(=O)Nc2cccc(C(F)(F)F)c2)c1. The van der Waals surface area contributed by atoms with Crippen LogP contribution in [0.25, 0.3) is 0 Å². The maximum absolute atomic E-state index is 12.8. The first-order chi connectivity index (χ1) is 13.1. The lowest BCUT2D eigenvalue weighted by molar-refractivity contribution is -0.137. The first-order valence-corrected chi connectivity index (χ1v) is 10.2. The third-order valence-corrected chi connectivity index (χ3v) is 5.92. The van der Waals surface area contributed by atoms with Gasteiger partial charge in [0.2, 0.25) is 0 Å². The molecule has 150 valence electrons. The topological polar surface area (TPSA) is 75.3 Å². The number of amides is 1. The number of nitrogens with one attached hydrogen (secondary N) is 2. The Morgan fingerprint density at radius 3 is 2.36 bits per heavy atom. The molecule has 1 fully saturated rings. The Balaban J connectivity index is 1.79. The Hall–Kier alpha value is -2.55. The van der Waals surface area contributed by atoms with E-state index in [0.717, 1.165) is 37.8 Å². The number of sulfonamides is 1. The molecule has 0 aliphatic heterocycles. The Kier molecular flexibility index (Phi) is 5.64. The van der Waals surface area contributed by atoms with E-state index in [0.29, 0.717) is 6.07 Å². The molecule has 2 N–H and O–H groups in total. The molecule has 2 aromatic rings. The van der Waals surface area contributed by atoms with E-state index in [-0.39, 0.29) is 28.1 Å². The summed E-state index contributed by atoms with van der Waals surface area (Å²) in [6.07, 6.45) is -0.720. The van der Waals surface area contributed by atoms with Crippen LogP contribution in [-0.2, 0) is 16.2 Å². The van der Waals surface area contributed by atoms with Crippen LogP contribution in [0.2, 0.25) is 0 Å². The van der Waals surface area contributed by atoms with Gasteiger partial charge in [-0.3, -0.25) is 9.52 Å². The molecule has 1 saturated carbocycles. The van der Waals surface area contributed by atoms with E-state index in [9.17, 15) is 26.4 Å². The van der Waals surface area contributed by atoms with E-state index in [1.54, 1.807) is 0 Å². The summed E-state index contributed by atoms with van der Waals surface area (Å²) in [5.74, 6) is -0.372. The van der Waals surface area contributed by atoms with Crippen LogP contribution < -0.4 is 10.0 Å². The summed E-state index contributed by atoms with van der Waals surface area (Å²) in [7, 11) is -4.16. The van der Waals surface area contributed by atoms with Crippen LogP contribution in [0.5, 0.6) is 0 Å². The fourth-order valence-corrected chi connectivity index (χ4v) is 4.21. The first kappa shape index (κ1) is 20.2. The molecule has 0 atom stereocenters. The largest absolute Gasteiger partial charge is 0.416 e. The summed E-state index contributed by atoms with van der Waals surface area (Å²) in [5.41, 5.74) is -0.994. The van der Waals surface area contributed by atoms with E-state index < -0.39 is 21.8 Å². The quantitative estimate of drug-likeness (QED) is 0.774. The van der Waals surface area contributed by atoms with Crippen LogP contribution in [0.15, 0.2) is 53.4 Å². The van der Waals surface area contributed by atoms with E-state index in [1.165, 1.54) is 30.3 Å². The molecular weight excluding hydrogens is 393 g/mol. The molecule has 9 heteroatoms. The van der Waals surface area contributed by atoms with E-state index in [2.05, 4.69) is 10.0 Å². The smallest absolute Gasteiger partial charge is 0.349 e. The Morgan fingerprint density at radius 1 is 1.00 bits per heavy atom. The van der Waals surface area contributed by atoms with Crippen molar-refractivity contribution >= 4 is 21.6 Å². The van der Waals surface area contributed by atoms with Crippen LogP contribution in [0.1, 0.15) is 41.6 Å². The van der Waals surface area contributed by atoms with Gasteiger partial charge in [0.25, 0.3) is 15.9 Å². The van der Waals surface area contributed by atoms with Gasteiger partial charge in [-0.1, -0.05) is 25.0 Å². The lowest BCUT2D eigenvalue weighted by atomic mass is 10.2. The lowest BCUT2D eigenvalue weighted by Crippen LogP contribution is -2.32. The van der Waals surface area contributed by atoms with Crippen molar-refractivity contribution in [3.8, 4) is 0 Å². The molecular formula is C19H19F3N2O3S. The molecule has 28 heavy (non-hydrogen) atoms. The molecule has 1 amide bonds. The Bertz CT molecular complexity index is 968. The highest BCUT2D eigenvalue weighted by molar-refractivity contribution is 7.92. The number of carbonyl (C=O) groups excluding carboxylic acids is 1. The fourth-order valence-electron chi connectivity index (χ4n) is 3.12. The zero-order valence-corrected chi connectivity index (χ0v) is 15.6. The molecule has 0 unspecified atom stereocenters. The molecule has 0 heterocycles. The van der Waals surface area contributed by atoms with Crippen molar-refractivity contribution in [1.82, 2.24) is 5.32 Å². The average Bonchev–Trinajstić information content (AvgIpc) is 3.14. The average molecular weight is 412 g/mol. The second kappa shape index (κ2) is 7.83. The number of hydrogen-bond acceptors (Lipinski definition) is 3. The minimum Gasteiger partial charge on any atom is -0.349 e. The predicted molar refractivity (Wildman–Crippen MR) is 98.4 cm³/mol. The van der Waals surface area contributed by atoms with E-state index in [1.807, 2.05) is 0 Å². The molecule has 1 aliphatic carbocycles.